The lowest BCUT2D eigenvalue weighted by atomic mass is 10.2. The molecule has 100 valence electrons. The standard InChI is InChI=1S/C14H12N4O2/c1-20-14(19)11-3-2-8-18-13(11)16-12(17-18)9-4-6-10(15)7-5-9/h2-8H,15H2,1H3. The normalized spacial score (nSPS) is 10.7. The Morgan fingerprint density at radius 1 is 1.25 bits per heavy atom. The molecule has 6 nitrogen and oxygen atoms in total. The molecule has 0 saturated carbocycles. The van der Waals surface area contributed by atoms with Gasteiger partial charge in [0.2, 0.25) is 0 Å². The van der Waals surface area contributed by atoms with Crippen LogP contribution in [0, 0.1) is 0 Å². The topological polar surface area (TPSA) is 82.5 Å². The lowest BCUT2D eigenvalue weighted by molar-refractivity contribution is 0.0602. The van der Waals surface area contributed by atoms with Crippen molar-refractivity contribution in [1.29, 1.82) is 0 Å². The first-order valence-corrected chi connectivity index (χ1v) is 5.98. The third-order valence-electron chi connectivity index (χ3n) is 2.94. The summed E-state index contributed by atoms with van der Waals surface area (Å²) in [5.74, 6) is 0.0909. The van der Waals surface area contributed by atoms with E-state index in [0.29, 0.717) is 22.7 Å². The number of pyridine rings is 1. The first kappa shape index (κ1) is 12.2. The maximum atomic E-state index is 11.7. The predicted octanol–water partition coefficient (Wildman–Crippen LogP) is 1.77. The Morgan fingerprint density at radius 3 is 2.70 bits per heavy atom. The van der Waals surface area contributed by atoms with Crippen LogP contribution < -0.4 is 5.73 Å². The van der Waals surface area contributed by atoms with Gasteiger partial charge in [0.05, 0.1) is 7.11 Å². The van der Waals surface area contributed by atoms with Gasteiger partial charge in [0, 0.05) is 17.4 Å². The van der Waals surface area contributed by atoms with Gasteiger partial charge in [-0.15, -0.1) is 5.10 Å². The summed E-state index contributed by atoms with van der Waals surface area (Å²) in [5, 5.41) is 4.35. The van der Waals surface area contributed by atoms with Crippen LogP contribution in [0.5, 0.6) is 0 Å². The molecule has 1 aromatic carbocycles. The van der Waals surface area contributed by atoms with Gasteiger partial charge in [-0.1, -0.05) is 0 Å². The molecule has 0 bridgehead atoms. The molecule has 0 atom stereocenters. The van der Waals surface area contributed by atoms with Crippen LogP contribution in [0.15, 0.2) is 42.6 Å². The molecule has 0 aliphatic carbocycles. The van der Waals surface area contributed by atoms with Crippen molar-refractivity contribution in [3.63, 3.8) is 0 Å². The summed E-state index contributed by atoms with van der Waals surface area (Å²) >= 11 is 0. The Bertz CT molecular complexity index is 777. The number of nitrogens with two attached hydrogens (primary N) is 1. The fourth-order valence-electron chi connectivity index (χ4n) is 1.93. The number of benzene rings is 1. The second kappa shape index (κ2) is 4.65. The monoisotopic (exact) mass is 268 g/mol. The Morgan fingerprint density at radius 2 is 2.00 bits per heavy atom. The number of carbonyl (C=O) groups is 1. The van der Waals surface area contributed by atoms with E-state index in [9.17, 15) is 4.79 Å². The number of hydrogen-bond acceptors (Lipinski definition) is 5. The lowest BCUT2D eigenvalue weighted by Gasteiger charge is -1.99. The molecule has 2 N–H and O–H groups in total. The third-order valence-corrected chi connectivity index (χ3v) is 2.94. The summed E-state index contributed by atoms with van der Waals surface area (Å²) in [6.07, 6.45) is 1.73. The molecule has 0 radical (unpaired) electrons. The Labute approximate surface area is 114 Å². The smallest absolute Gasteiger partial charge is 0.341 e. The minimum absolute atomic E-state index is 0.379. The first-order valence-electron chi connectivity index (χ1n) is 5.98. The van der Waals surface area contributed by atoms with Gasteiger partial charge in [-0.3, -0.25) is 0 Å². The number of anilines is 1. The minimum atomic E-state index is -0.438. The number of rotatable bonds is 2. The van der Waals surface area contributed by atoms with Gasteiger partial charge in [-0.25, -0.2) is 14.3 Å². The zero-order chi connectivity index (χ0) is 14.1. The van der Waals surface area contributed by atoms with E-state index >= 15 is 0 Å². The average molecular weight is 268 g/mol. The predicted molar refractivity (Wildman–Crippen MR) is 74.2 cm³/mol. The van der Waals surface area contributed by atoms with Gasteiger partial charge < -0.3 is 10.5 Å². The Hall–Kier alpha value is -2.89. The van der Waals surface area contributed by atoms with E-state index in [-0.39, 0.29) is 0 Å². The maximum absolute atomic E-state index is 11.7. The van der Waals surface area contributed by atoms with Crippen LogP contribution in [0.25, 0.3) is 17.0 Å². The number of nitrogens with zero attached hydrogens (tertiary/aromatic N) is 3. The highest BCUT2D eigenvalue weighted by Crippen LogP contribution is 2.19. The summed E-state index contributed by atoms with van der Waals surface area (Å²) < 4.78 is 6.29. The summed E-state index contributed by atoms with van der Waals surface area (Å²) in [6, 6.07) is 10.6. The second-order valence-electron chi connectivity index (χ2n) is 4.24. The van der Waals surface area contributed by atoms with E-state index < -0.39 is 5.97 Å². The number of ether oxygens (including phenoxy) is 1. The fourth-order valence-corrected chi connectivity index (χ4v) is 1.93. The number of esters is 1. The van der Waals surface area contributed by atoms with Crippen LogP contribution in [0.1, 0.15) is 10.4 Å². The minimum Gasteiger partial charge on any atom is -0.465 e. The van der Waals surface area contributed by atoms with Crippen LogP contribution in [0.2, 0.25) is 0 Å². The zero-order valence-electron chi connectivity index (χ0n) is 10.8. The van der Waals surface area contributed by atoms with Crippen LogP contribution >= 0.6 is 0 Å². The van der Waals surface area contributed by atoms with Crippen molar-refractivity contribution in [2.24, 2.45) is 0 Å². The molecule has 0 aliphatic rings. The quantitative estimate of drug-likeness (QED) is 0.565. The molecule has 2 aromatic heterocycles. The number of nitrogen functional groups attached to an aromatic ring is 1. The van der Waals surface area contributed by atoms with Gasteiger partial charge in [0.1, 0.15) is 5.56 Å². The van der Waals surface area contributed by atoms with E-state index in [2.05, 4.69) is 10.1 Å². The van der Waals surface area contributed by atoms with E-state index in [1.165, 1.54) is 7.11 Å². The van der Waals surface area contributed by atoms with E-state index in [4.69, 9.17) is 10.5 Å². The van der Waals surface area contributed by atoms with Crippen LogP contribution in [-0.4, -0.2) is 27.7 Å². The SMILES string of the molecule is COC(=O)c1cccn2nc(-c3ccc(N)cc3)nc12. The van der Waals surface area contributed by atoms with Crippen LogP contribution in [-0.2, 0) is 4.74 Å². The van der Waals surface area contributed by atoms with Gasteiger partial charge in [0.25, 0.3) is 0 Å². The number of carbonyl (C=O) groups excluding carboxylic acids is 1. The number of hydrogen-bond donors (Lipinski definition) is 1. The van der Waals surface area contributed by atoms with Gasteiger partial charge in [-0.2, -0.15) is 0 Å². The number of fused-ring (bicyclic) bond motifs is 1. The fraction of sp³-hybridized carbons (Fsp3) is 0.0714. The first-order chi connectivity index (χ1) is 9.69. The van der Waals surface area contributed by atoms with Crippen molar-refractivity contribution in [3.8, 4) is 11.4 Å². The largest absolute Gasteiger partial charge is 0.465 e. The summed E-state index contributed by atoms with van der Waals surface area (Å²) in [5.41, 5.74) is 8.00. The molecule has 6 heteroatoms. The molecule has 0 unspecified atom stereocenters. The average Bonchev–Trinajstić information content (AvgIpc) is 2.91. The molecule has 2 heterocycles. The van der Waals surface area contributed by atoms with Crippen molar-refractivity contribution in [3.05, 3.63) is 48.2 Å². The van der Waals surface area contributed by atoms with Gasteiger partial charge in [-0.05, 0) is 36.4 Å². The molecular weight excluding hydrogens is 256 g/mol. The third kappa shape index (κ3) is 1.97. The highest BCUT2D eigenvalue weighted by molar-refractivity contribution is 5.95. The maximum Gasteiger partial charge on any atom is 0.341 e. The summed E-state index contributed by atoms with van der Waals surface area (Å²) in [4.78, 5) is 16.1. The summed E-state index contributed by atoms with van der Waals surface area (Å²) in [7, 11) is 1.34. The highest BCUT2D eigenvalue weighted by Gasteiger charge is 2.15. The van der Waals surface area contributed by atoms with Crippen molar-refractivity contribution in [2.75, 3.05) is 12.8 Å². The van der Waals surface area contributed by atoms with E-state index in [1.807, 2.05) is 12.1 Å². The molecule has 0 saturated heterocycles. The van der Waals surface area contributed by atoms with Gasteiger partial charge >= 0.3 is 5.97 Å². The van der Waals surface area contributed by atoms with E-state index in [0.717, 1.165) is 5.56 Å². The highest BCUT2D eigenvalue weighted by atomic mass is 16.5. The number of aromatic nitrogens is 3. The molecule has 0 fully saturated rings. The van der Waals surface area contributed by atoms with Crippen molar-refractivity contribution in [2.45, 2.75) is 0 Å². The van der Waals surface area contributed by atoms with Crippen molar-refractivity contribution in [1.82, 2.24) is 14.6 Å². The van der Waals surface area contributed by atoms with E-state index in [1.54, 1.807) is 35.0 Å². The van der Waals surface area contributed by atoms with Gasteiger partial charge in [0.15, 0.2) is 11.5 Å². The Balaban J connectivity index is 2.15. The van der Waals surface area contributed by atoms with Crippen LogP contribution in [0.3, 0.4) is 0 Å². The molecule has 3 aromatic rings. The summed E-state index contributed by atoms with van der Waals surface area (Å²) in [6.45, 7) is 0. The number of methoxy groups -OCH3 is 1. The molecule has 20 heavy (non-hydrogen) atoms. The molecular formula is C14H12N4O2. The molecule has 0 amide bonds. The van der Waals surface area contributed by atoms with Crippen molar-refractivity contribution < 1.29 is 9.53 Å². The zero-order valence-corrected chi connectivity index (χ0v) is 10.8. The second-order valence-corrected chi connectivity index (χ2v) is 4.24. The molecule has 0 spiro atoms. The van der Waals surface area contributed by atoms with Crippen molar-refractivity contribution >= 4 is 17.3 Å². The molecule has 3 rings (SSSR count). The van der Waals surface area contributed by atoms with Crippen LogP contribution in [0.4, 0.5) is 5.69 Å². The Kier molecular flexibility index (Phi) is 2.83. The molecule has 0 aliphatic heterocycles. The lowest BCUT2D eigenvalue weighted by Crippen LogP contribution is -2.04.